The molecule has 1 N–H and O–H groups in total. The molecule has 2 aromatic rings. The van der Waals surface area contributed by atoms with Gasteiger partial charge in [0, 0.05) is 10.5 Å². The Labute approximate surface area is 135 Å². The molecular formula is C14H12BrF2NO3S. The van der Waals surface area contributed by atoms with Crippen molar-refractivity contribution in [3.63, 3.8) is 0 Å². The van der Waals surface area contributed by atoms with Gasteiger partial charge < -0.3 is 4.74 Å². The van der Waals surface area contributed by atoms with Crippen molar-refractivity contribution in [2.75, 3.05) is 11.3 Å². The number of rotatable bonds is 5. The van der Waals surface area contributed by atoms with Crippen LogP contribution in [0, 0.1) is 11.6 Å². The molecule has 22 heavy (non-hydrogen) atoms. The van der Waals surface area contributed by atoms with E-state index < -0.39 is 27.3 Å². The van der Waals surface area contributed by atoms with Crippen molar-refractivity contribution in [2.45, 2.75) is 11.8 Å². The molecule has 0 aliphatic rings. The molecule has 0 atom stereocenters. The van der Waals surface area contributed by atoms with E-state index in [-0.39, 0.29) is 17.3 Å². The molecule has 2 aromatic carbocycles. The van der Waals surface area contributed by atoms with E-state index in [4.69, 9.17) is 4.74 Å². The summed E-state index contributed by atoms with van der Waals surface area (Å²) in [4.78, 5) is -0.174. The predicted octanol–water partition coefficient (Wildman–Crippen LogP) is 3.93. The quantitative estimate of drug-likeness (QED) is 0.839. The highest BCUT2D eigenvalue weighted by Gasteiger charge is 2.22. The average molecular weight is 392 g/mol. The van der Waals surface area contributed by atoms with Crippen LogP contribution >= 0.6 is 15.9 Å². The first kappa shape index (κ1) is 16.7. The summed E-state index contributed by atoms with van der Waals surface area (Å²) in [6.45, 7) is 1.97. The Morgan fingerprint density at radius 3 is 2.59 bits per heavy atom. The molecule has 0 spiro atoms. The van der Waals surface area contributed by atoms with Crippen LogP contribution in [-0.2, 0) is 10.0 Å². The number of hydrogen-bond donors (Lipinski definition) is 1. The third kappa shape index (κ3) is 3.75. The SMILES string of the molecule is CCOc1ccc(Br)cc1S(=O)(=O)Nc1cc(F)ccc1F. The van der Waals surface area contributed by atoms with Crippen LogP contribution in [0.3, 0.4) is 0 Å². The normalized spacial score (nSPS) is 11.3. The van der Waals surface area contributed by atoms with E-state index in [1.807, 2.05) is 4.72 Å². The second-order valence-corrected chi connectivity index (χ2v) is 6.82. The van der Waals surface area contributed by atoms with E-state index in [2.05, 4.69) is 15.9 Å². The molecule has 0 unspecified atom stereocenters. The van der Waals surface area contributed by atoms with Crippen molar-refractivity contribution in [3.05, 3.63) is 52.5 Å². The lowest BCUT2D eigenvalue weighted by atomic mass is 10.3. The van der Waals surface area contributed by atoms with Gasteiger partial charge in [-0.1, -0.05) is 15.9 Å². The fraction of sp³-hybridized carbons (Fsp3) is 0.143. The van der Waals surface area contributed by atoms with Gasteiger partial charge in [0.2, 0.25) is 0 Å². The number of ether oxygens (including phenoxy) is 1. The van der Waals surface area contributed by atoms with Crippen LogP contribution in [-0.4, -0.2) is 15.0 Å². The number of hydrogen-bond acceptors (Lipinski definition) is 3. The number of anilines is 1. The summed E-state index contributed by atoms with van der Waals surface area (Å²) in [7, 11) is -4.14. The molecule has 0 aliphatic heterocycles. The first-order chi connectivity index (χ1) is 10.3. The van der Waals surface area contributed by atoms with Crippen molar-refractivity contribution >= 4 is 31.6 Å². The molecule has 4 nitrogen and oxygen atoms in total. The third-order valence-corrected chi connectivity index (χ3v) is 4.55. The zero-order valence-electron chi connectivity index (χ0n) is 11.4. The van der Waals surface area contributed by atoms with Crippen molar-refractivity contribution in [1.82, 2.24) is 0 Å². The predicted molar refractivity (Wildman–Crippen MR) is 82.5 cm³/mol. The molecule has 0 amide bonds. The average Bonchev–Trinajstić information content (AvgIpc) is 2.45. The van der Waals surface area contributed by atoms with Gasteiger partial charge in [0.1, 0.15) is 22.3 Å². The molecule has 8 heteroatoms. The van der Waals surface area contributed by atoms with Gasteiger partial charge in [-0.2, -0.15) is 0 Å². The first-order valence-corrected chi connectivity index (χ1v) is 8.51. The zero-order valence-corrected chi connectivity index (χ0v) is 13.8. The largest absolute Gasteiger partial charge is 0.492 e. The van der Waals surface area contributed by atoms with Gasteiger partial charge in [-0.05, 0) is 37.3 Å². The van der Waals surface area contributed by atoms with Crippen LogP contribution in [0.15, 0.2) is 45.8 Å². The Hall–Kier alpha value is -1.67. The number of benzene rings is 2. The molecule has 0 radical (unpaired) electrons. The van der Waals surface area contributed by atoms with Crippen molar-refractivity contribution in [2.24, 2.45) is 0 Å². The van der Waals surface area contributed by atoms with Crippen LogP contribution in [0.1, 0.15) is 6.92 Å². The van der Waals surface area contributed by atoms with Gasteiger partial charge in [0.15, 0.2) is 0 Å². The molecule has 0 saturated carbocycles. The molecule has 2 rings (SSSR count). The third-order valence-electron chi connectivity index (χ3n) is 2.67. The van der Waals surface area contributed by atoms with E-state index in [0.717, 1.165) is 18.2 Å². The smallest absolute Gasteiger partial charge is 0.265 e. The van der Waals surface area contributed by atoms with Gasteiger partial charge in [0.05, 0.1) is 12.3 Å². The number of halogens is 3. The fourth-order valence-electron chi connectivity index (χ4n) is 1.74. The second kappa shape index (κ2) is 6.62. The number of nitrogens with one attached hydrogen (secondary N) is 1. The molecule has 0 fully saturated rings. The minimum Gasteiger partial charge on any atom is -0.492 e. The van der Waals surface area contributed by atoms with Gasteiger partial charge >= 0.3 is 0 Å². The first-order valence-electron chi connectivity index (χ1n) is 6.23. The summed E-state index contributed by atoms with van der Waals surface area (Å²) in [6.07, 6.45) is 0. The highest BCUT2D eigenvalue weighted by Crippen LogP contribution is 2.30. The molecule has 118 valence electrons. The zero-order chi connectivity index (χ0) is 16.3. The highest BCUT2D eigenvalue weighted by atomic mass is 79.9. The summed E-state index contributed by atoms with van der Waals surface area (Å²) in [6, 6.07) is 6.93. The maximum absolute atomic E-state index is 13.6. The monoisotopic (exact) mass is 391 g/mol. The Bertz CT molecular complexity index is 797. The highest BCUT2D eigenvalue weighted by molar-refractivity contribution is 9.10. The van der Waals surface area contributed by atoms with Crippen molar-refractivity contribution < 1.29 is 21.9 Å². The van der Waals surface area contributed by atoms with E-state index in [1.54, 1.807) is 13.0 Å². The van der Waals surface area contributed by atoms with Crippen LogP contribution in [0.4, 0.5) is 14.5 Å². The van der Waals surface area contributed by atoms with Crippen molar-refractivity contribution in [1.29, 1.82) is 0 Å². The van der Waals surface area contributed by atoms with Crippen LogP contribution in [0.2, 0.25) is 0 Å². The van der Waals surface area contributed by atoms with E-state index in [0.29, 0.717) is 4.47 Å². The summed E-state index contributed by atoms with van der Waals surface area (Å²) < 4.78 is 59.4. The maximum Gasteiger partial charge on any atom is 0.265 e. The molecule has 0 heterocycles. The number of sulfonamides is 1. The minimum atomic E-state index is -4.14. The summed E-state index contributed by atoms with van der Waals surface area (Å²) in [5.41, 5.74) is -0.470. The maximum atomic E-state index is 13.6. The van der Waals surface area contributed by atoms with Gasteiger partial charge in [-0.15, -0.1) is 0 Å². The lowest BCUT2D eigenvalue weighted by Crippen LogP contribution is -2.15. The van der Waals surface area contributed by atoms with Gasteiger partial charge in [0.25, 0.3) is 10.0 Å². The molecule has 0 saturated heterocycles. The Kier molecular flexibility index (Phi) is 5.02. The van der Waals surface area contributed by atoms with Crippen LogP contribution in [0.25, 0.3) is 0 Å². The Morgan fingerprint density at radius 2 is 1.91 bits per heavy atom. The van der Waals surface area contributed by atoms with E-state index >= 15 is 0 Å². The van der Waals surface area contributed by atoms with E-state index in [9.17, 15) is 17.2 Å². The lowest BCUT2D eigenvalue weighted by molar-refractivity contribution is 0.331. The lowest BCUT2D eigenvalue weighted by Gasteiger charge is -2.13. The fourth-order valence-corrected chi connectivity index (χ4v) is 3.48. The Morgan fingerprint density at radius 1 is 1.18 bits per heavy atom. The summed E-state index contributed by atoms with van der Waals surface area (Å²) in [5.74, 6) is -1.51. The van der Waals surface area contributed by atoms with Crippen LogP contribution < -0.4 is 9.46 Å². The second-order valence-electron chi connectivity index (χ2n) is 4.25. The standard InChI is InChI=1S/C14H12BrF2NO3S/c1-2-21-13-6-3-9(15)7-14(13)22(19,20)18-12-8-10(16)4-5-11(12)17/h3-8,18H,2H2,1H3. The van der Waals surface area contributed by atoms with Gasteiger partial charge in [-0.3, -0.25) is 4.72 Å². The minimum absolute atomic E-state index is 0.120. The topological polar surface area (TPSA) is 55.4 Å². The molecule has 0 bridgehead atoms. The van der Waals surface area contributed by atoms with Gasteiger partial charge in [-0.25, -0.2) is 17.2 Å². The Balaban J connectivity index is 2.46. The summed E-state index contributed by atoms with van der Waals surface area (Å²) >= 11 is 3.17. The molecule has 0 aliphatic carbocycles. The molecule has 0 aromatic heterocycles. The molecular weight excluding hydrogens is 380 g/mol. The summed E-state index contributed by atoms with van der Waals surface area (Å²) in [5, 5.41) is 0. The van der Waals surface area contributed by atoms with E-state index in [1.165, 1.54) is 12.1 Å². The van der Waals surface area contributed by atoms with Crippen LogP contribution in [0.5, 0.6) is 5.75 Å². The van der Waals surface area contributed by atoms with Crippen molar-refractivity contribution in [3.8, 4) is 5.75 Å².